The van der Waals surface area contributed by atoms with Gasteiger partial charge in [0, 0.05) is 43.6 Å². The Balaban J connectivity index is 0. The molecule has 0 aromatic heterocycles. The number of ether oxygens (including phenoxy) is 1. The quantitative estimate of drug-likeness (QED) is 0.430. The molecule has 1 heterocycles. The number of nitrogens with zero attached hydrogens (tertiary/aromatic N) is 2. The number of carbonyl (C=O) groups excluding carboxylic acids is 1. The second-order valence-corrected chi connectivity index (χ2v) is 7.33. The molecular formula is C23H42Cl2N4O2. The highest BCUT2D eigenvalue weighted by Gasteiger charge is 2.21. The van der Waals surface area contributed by atoms with Gasteiger partial charge in [0.1, 0.15) is 5.75 Å². The van der Waals surface area contributed by atoms with E-state index >= 15 is 0 Å². The molecule has 1 aromatic carbocycles. The van der Waals surface area contributed by atoms with Crippen molar-refractivity contribution in [3.63, 3.8) is 0 Å². The maximum absolute atomic E-state index is 12.0. The summed E-state index contributed by atoms with van der Waals surface area (Å²) in [5.41, 5.74) is 1.60. The van der Waals surface area contributed by atoms with Gasteiger partial charge in [-0.3, -0.25) is 4.79 Å². The van der Waals surface area contributed by atoms with Crippen LogP contribution in [-0.4, -0.2) is 68.3 Å². The van der Waals surface area contributed by atoms with Crippen molar-refractivity contribution < 1.29 is 9.53 Å². The third-order valence-corrected chi connectivity index (χ3v) is 4.89. The van der Waals surface area contributed by atoms with Crippen molar-refractivity contribution in [3.05, 3.63) is 23.2 Å². The van der Waals surface area contributed by atoms with Crippen molar-refractivity contribution in [2.24, 2.45) is 0 Å². The van der Waals surface area contributed by atoms with Gasteiger partial charge in [0.05, 0.1) is 24.1 Å². The number of hydrogen-bond donors (Lipinski definition) is 2. The summed E-state index contributed by atoms with van der Waals surface area (Å²) in [6.07, 6.45) is 0. The van der Waals surface area contributed by atoms with Gasteiger partial charge in [0.15, 0.2) is 0 Å². The van der Waals surface area contributed by atoms with E-state index in [2.05, 4.69) is 10.2 Å². The fourth-order valence-electron chi connectivity index (χ4n) is 2.40. The molecule has 1 saturated heterocycles. The number of amides is 1. The lowest BCUT2D eigenvalue weighted by atomic mass is 10.2. The normalized spacial score (nSPS) is 13.4. The van der Waals surface area contributed by atoms with E-state index in [9.17, 15) is 4.79 Å². The minimum absolute atomic E-state index is 0.0926. The minimum atomic E-state index is -0.0926. The molecule has 1 atom stereocenters. The van der Waals surface area contributed by atoms with Gasteiger partial charge in [-0.05, 0) is 32.5 Å². The Morgan fingerprint density at radius 2 is 1.71 bits per heavy atom. The van der Waals surface area contributed by atoms with Gasteiger partial charge in [-0.1, -0.05) is 46.2 Å². The Bertz CT molecular complexity index is 620. The minimum Gasteiger partial charge on any atom is -0.495 e. The number of rotatable bonds is 6. The van der Waals surface area contributed by atoms with E-state index in [0.29, 0.717) is 23.0 Å². The van der Waals surface area contributed by atoms with Gasteiger partial charge in [-0.25, -0.2) is 0 Å². The molecule has 1 aliphatic rings. The predicted molar refractivity (Wildman–Crippen MR) is 137 cm³/mol. The predicted octanol–water partition coefficient (Wildman–Crippen LogP) is 5.31. The highest BCUT2D eigenvalue weighted by molar-refractivity contribution is 6.32. The van der Waals surface area contributed by atoms with Crippen molar-refractivity contribution in [1.82, 2.24) is 10.2 Å². The lowest BCUT2D eigenvalue weighted by Gasteiger charge is -2.36. The van der Waals surface area contributed by atoms with Crippen LogP contribution in [0.15, 0.2) is 18.2 Å². The second-order valence-electron chi connectivity index (χ2n) is 6.27. The first-order valence-corrected chi connectivity index (χ1v) is 11.9. The molecule has 180 valence electrons. The van der Waals surface area contributed by atoms with Crippen molar-refractivity contribution in [3.8, 4) is 5.75 Å². The summed E-state index contributed by atoms with van der Waals surface area (Å²) < 4.78 is 5.25. The third kappa shape index (κ3) is 12.8. The number of nitrogens with one attached hydrogen (secondary N) is 2. The first-order chi connectivity index (χ1) is 14.8. The number of piperazine rings is 1. The Morgan fingerprint density at radius 3 is 2.13 bits per heavy atom. The Labute approximate surface area is 199 Å². The lowest BCUT2D eigenvalue weighted by molar-refractivity contribution is -0.130. The molecule has 1 aromatic rings. The summed E-state index contributed by atoms with van der Waals surface area (Å²) in [6, 6.07) is 5.78. The molecule has 1 amide bonds. The maximum atomic E-state index is 12.0. The van der Waals surface area contributed by atoms with E-state index < -0.39 is 0 Å². The molecular weight excluding hydrogens is 435 g/mol. The zero-order valence-electron chi connectivity index (χ0n) is 20.5. The zero-order valence-corrected chi connectivity index (χ0v) is 22.0. The summed E-state index contributed by atoms with van der Waals surface area (Å²) in [6.45, 7) is 17.8. The molecule has 0 spiro atoms. The summed E-state index contributed by atoms with van der Waals surface area (Å²) in [5, 5.41) is 10.4. The van der Waals surface area contributed by atoms with E-state index in [1.54, 1.807) is 21.0 Å². The van der Waals surface area contributed by atoms with Crippen LogP contribution < -0.4 is 15.0 Å². The molecule has 0 bridgehead atoms. The van der Waals surface area contributed by atoms with Gasteiger partial charge >= 0.3 is 0 Å². The van der Waals surface area contributed by atoms with Crippen LogP contribution in [0, 0.1) is 5.41 Å². The van der Waals surface area contributed by atoms with Crippen LogP contribution in [0.3, 0.4) is 0 Å². The van der Waals surface area contributed by atoms with Gasteiger partial charge in [-0.2, -0.15) is 0 Å². The number of methoxy groups -OCH3 is 1. The second kappa shape index (κ2) is 19.2. The summed E-state index contributed by atoms with van der Waals surface area (Å²) >= 11 is 11.4. The molecule has 2 rings (SSSR count). The van der Waals surface area contributed by atoms with Crippen molar-refractivity contribution in [2.75, 3.05) is 51.3 Å². The van der Waals surface area contributed by atoms with Crippen LogP contribution in [0.4, 0.5) is 5.69 Å². The molecule has 1 fully saturated rings. The first kappa shape index (κ1) is 31.7. The number of anilines is 1. The Morgan fingerprint density at radius 1 is 1.19 bits per heavy atom. The molecule has 6 nitrogen and oxygen atoms in total. The monoisotopic (exact) mass is 476 g/mol. The van der Waals surface area contributed by atoms with Gasteiger partial charge in [0.2, 0.25) is 5.91 Å². The average Bonchev–Trinajstić information content (AvgIpc) is 2.81. The molecule has 1 aliphatic heterocycles. The summed E-state index contributed by atoms with van der Waals surface area (Å²) in [7, 11) is 1.61. The smallest absolute Gasteiger partial charge is 0.236 e. The van der Waals surface area contributed by atoms with E-state index in [1.165, 1.54) is 0 Å². The van der Waals surface area contributed by atoms with Crippen LogP contribution in [0.1, 0.15) is 48.5 Å². The van der Waals surface area contributed by atoms with Gasteiger partial charge in [-0.15, -0.1) is 11.6 Å². The van der Waals surface area contributed by atoms with Gasteiger partial charge in [0.25, 0.3) is 0 Å². The van der Waals surface area contributed by atoms with Crippen LogP contribution in [0.2, 0.25) is 5.02 Å². The number of benzene rings is 1. The van der Waals surface area contributed by atoms with Crippen LogP contribution in [0.5, 0.6) is 5.75 Å². The van der Waals surface area contributed by atoms with Crippen LogP contribution in [-0.2, 0) is 4.79 Å². The SMILES string of the molecule is CC.CC.CC(=N)C(C)Cl.CCNCC(=O)N1CCN(c2ccc(Cl)c(OC)c2)CC1. The highest BCUT2D eigenvalue weighted by atomic mass is 35.5. The maximum Gasteiger partial charge on any atom is 0.236 e. The molecule has 2 N–H and O–H groups in total. The highest BCUT2D eigenvalue weighted by Crippen LogP contribution is 2.29. The van der Waals surface area contributed by atoms with E-state index in [4.69, 9.17) is 33.3 Å². The van der Waals surface area contributed by atoms with Crippen molar-refractivity contribution in [1.29, 1.82) is 5.41 Å². The number of likely N-dealkylation sites (N-methyl/N-ethyl adjacent to an activating group) is 1. The van der Waals surface area contributed by atoms with E-state index in [1.807, 2.05) is 57.7 Å². The molecule has 0 aliphatic carbocycles. The van der Waals surface area contributed by atoms with Crippen molar-refractivity contribution in [2.45, 2.75) is 53.8 Å². The number of hydrogen-bond acceptors (Lipinski definition) is 5. The zero-order chi connectivity index (χ0) is 24.4. The largest absolute Gasteiger partial charge is 0.495 e. The Hall–Kier alpha value is -1.50. The fourth-order valence-corrected chi connectivity index (χ4v) is 2.60. The van der Waals surface area contributed by atoms with Gasteiger partial charge < -0.3 is 25.3 Å². The average molecular weight is 478 g/mol. The standard InChI is InChI=1S/C15H22ClN3O2.C4H8ClN.2C2H6/c1-3-17-11-15(20)19-8-6-18(7-9-19)12-4-5-13(16)14(10-12)21-2;1-3(5)4(2)6;2*1-2/h4-5,10,17H,3,6-9,11H2,1-2H3;3,6H,1-2H3;2*1-2H3. The third-order valence-electron chi connectivity index (χ3n) is 4.26. The topological polar surface area (TPSA) is 68.7 Å². The molecule has 0 radical (unpaired) electrons. The summed E-state index contributed by atoms with van der Waals surface area (Å²) in [4.78, 5) is 16.1. The molecule has 8 heteroatoms. The lowest BCUT2D eigenvalue weighted by Crippen LogP contribution is -2.50. The first-order valence-electron chi connectivity index (χ1n) is 11.1. The number of alkyl halides is 1. The number of halogens is 2. The van der Waals surface area contributed by atoms with Crippen molar-refractivity contribution >= 4 is 40.5 Å². The number of carbonyl (C=O) groups is 1. The van der Waals surface area contributed by atoms with Crippen LogP contribution >= 0.6 is 23.2 Å². The van der Waals surface area contributed by atoms with E-state index in [-0.39, 0.29) is 11.3 Å². The molecule has 31 heavy (non-hydrogen) atoms. The molecule has 0 saturated carbocycles. The summed E-state index contributed by atoms with van der Waals surface area (Å²) in [5.74, 6) is 0.852. The fraction of sp³-hybridized carbons (Fsp3) is 0.652. The van der Waals surface area contributed by atoms with E-state index in [0.717, 1.165) is 38.4 Å². The Kier molecular flexibility index (Phi) is 19.6. The molecule has 1 unspecified atom stereocenters. The van der Waals surface area contributed by atoms with Crippen LogP contribution in [0.25, 0.3) is 0 Å².